The highest BCUT2D eigenvalue weighted by molar-refractivity contribution is 8.00. The molecule has 1 aromatic heterocycles. The second-order valence-corrected chi connectivity index (χ2v) is 8.15. The van der Waals surface area contributed by atoms with Crippen molar-refractivity contribution in [3.63, 3.8) is 0 Å². The summed E-state index contributed by atoms with van der Waals surface area (Å²) in [5.41, 5.74) is 3.30. The van der Waals surface area contributed by atoms with Crippen LogP contribution in [0.1, 0.15) is 18.1 Å². The fourth-order valence-electron chi connectivity index (χ4n) is 3.14. The molecule has 1 amide bonds. The van der Waals surface area contributed by atoms with E-state index < -0.39 is 0 Å². The first-order chi connectivity index (χ1) is 13.1. The van der Waals surface area contributed by atoms with Crippen molar-refractivity contribution in [2.75, 3.05) is 6.54 Å². The molecule has 3 aromatic rings. The summed E-state index contributed by atoms with van der Waals surface area (Å²) >= 11 is 7.29. The lowest BCUT2D eigenvalue weighted by Crippen LogP contribution is -2.40. The van der Waals surface area contributed by atoms with Crippen molar-refractivity contribution in [3.8, 4) is 11.5 Å². The van der Waals surface area contributed by atoms with Gasteiger partial charge in [-0.3, -0.25) is 4.79 Å². The van der Waals surface area contributed by atoms with Gasteiger partial charge in [0, 0.05) is 23.7 Å². The number of hydrogen-bond acceptors (Lipinski definition) is 5. The van der Waals surface area contributed by atoms with Crippen molar-refractivity contribution in [1.82, 2.24) is 15.1 Å². The number of amides is 1. The zero-order valence-electron chi connectivity index (χ0n) is 14.8. The van der Waals surface area contributed by atoms with Gasteiger partial charge in [0.05, 0.1) is 5.25 Å². The molecule has 0 radical (unpaired) electrons. The molecule has 1 atom stereocenters. The standard InChI is InChI=1S/C20H18ClN3O2S/c1-13(19(25)24-10-9-14-5-2-3-6-16(14)12-24)27-20-23-22-18(26-20)15-7-4-8-17(21)11-15/h2-8,11,13H,9-10,12H2,1H3/t13-/m1/s1. The minimum Gasteiger partial charge on any atom is -0.411 e. The number of fused-ring (bicyclic) bond motifs is 1. The number of nitrogens with zero attached hydrogens (tertiary/aromatic N) is 3. The normalized spacial score (nSPS) is 14.7. The number of hydrogen-bond donors (Lipinski definition) is 0. The number of thioether (sulfide) groups is 1. The molecule has 0 unspecified atom stereocenters. The SMILES string of the molecule is C[C@@H](Sc1nnc(-c2cccc(Cl)c2)o1)C(=O)N1CCc2ccccc2C1. The molecule has 1 aliphatic rings. The van der Waals surface area contributed by atoms with E-state index in [1.807, 2.05) is 36.1 Å². The summed E-state index contributed by atoms with van der Waals surface area (Å²) < 4.78 is 5.70. The van der Waals surface area contributed by atoms with Crippen LogP contribution in [0.5, 0.6) is 0 Å². The lowest BCUT2D eigenvalue weighted by Gasteiger charge is -2.30. The zero-order chi connectivity index (χ0) is 18.8. The minimum absolute atomic E-state index is 0.0806. The van der Waals surface area contributed by atoms with E-state index in [0.717, 1.165) is 18.5 Å². The molecule has 0 bridgehead atoms. The maximum atomic E-state index is 12.8. The van der Waals surface area contributed by atoms with Gasteiger partial charge in [-0.1, -0.05) is 53.7 Å². The van der Waals surface area contributed by atoms with Crippen molar-refractivity contribution in [2.45, 2.75) is 30.4 Å². The Kier molecular flexibility index (Phi) is 5.18. The first-order valence-corrected chi connectivity index (χ1v) is 9.97. The van der Waals surface area contributed by atoms with Gasteiger partial charge in [-0.25, -0.2) is 0 Å². The number of carbonyl (C=O) groups excluding carboxylic acids is 1. The van der Waals surface area contributed by atoms with E-state index in [0.29, 0.717) is 22.7 Å². The lowest BCUT2D eigenvalue weighted by atomic mass is 10.00. The molecular formula is C20H18ClN3O2S. The molecule has 0 saturated heterocycles. The van der Waals surface area contributed by atoms with Crippen LogP contribution < -0.4 is 0 Å². The third kappa shape index (κ3) is 4.01. The molecule has 7 heteroatoms. The summed E-state index contributed by atoms with van der Waals surface area (Å²) in [5, 5.41) is 8.80. The Balaban J connectivity index is 1.42. The molecule has 1 aliphatic heterocycles. The highest BCUT2D eigenvalue weighted by Crippen LogP contribution is 2.29. The van der Waals surface area contributed by atoms with E-state index in [1.54, 1.807) is 12.1 Å². The third-order valence-electron chi connectivity index (χ3n) is 4.55. The van der Waals surface area contributed by atoms with Gasteiger partial charge in [-0.15, -0.1) is 10.2 Å². The van der Waals surface area contributed by atoms with E-state index in [9.17, 15) is 4.79 Å². The van der Waals surface area contributed by atoms with Crippen molar-refractivity contribution < 1.29 is 9.21 Å². The van der Waals surface area contributed by atoms with Crippen LogP contribution in [0.3, 0.4) is 0 Å². The molecule has 0 aliphatic carbocycles. The molecule has 2 aromatic carbocycles. The number of aromatic nitrogens is 2. The topological polar surface area (TPSA) is 59.2 Å². The van der Waals surface area contributed by atoms with Gasteiger partial charge in [-0.2, -0.15) is 0 Å². The van der Waals surface area contributed by atoms with Crippen LogP contribution in [0.2, 0.25) is 5.02 Å². The minimum atomic E-state index is -0.303. The quantitative estimate of drug-likeness (QED) is 0.606. The number of carbonyl (C=O) groups is 1. The second kappa shape index (κ2) is 7.74. The van der Waals surface area contributed by atoms with Crippen LogP contribution in [0.4, 0.5) is 0 Å². The molecule has 2 heterocycles. The Bertz CT molecular complexity index is 975. The number of halogens is 1. The monoisotopic (exact) mass is 399 g/mol. The van der Waals surface area contributed by atoms with E-state index in [1.165, 1.54) is 22.9 Å². The summed E-state index contributed by atoms with van der Waals surface area (Å²) in [6.07, 6.45) is 0.888. The Labute approximate surface area is 166 Å². The smallest absolute Gasteiger partial charge is 0.277 e. The third-order valence-corrected chi connectivity index (χ3v) is 5.70. The molecule has 0 spiro atoms. The molecule has 5 nitrogen and oxygen atoms in total. The van der Waals surface area contributed by atoms with Crippen molar-refractivity contribution in [1.29, 1.82) is 0 Å². The van der Waals surface area contributed by atoms with Gasteiger partial charge in [0.15, 0.2) is 0 Å². The van der Waals surface area contributed by atoms with E-state index >= 15 is 0 Å². The molecule has 27 heavy (non-hydrogen) atoms. The molecule has 138 valence electrons. The highest BCUT2D eigenvalue weighted by atomic mass is 35.5. The Morgan fingerprint density at radius 1 is 1.19 bits per heavy atom. The summed E-state index contributed by atoms with van der Waals surface area (Å²) in [5.74, 6) is 0.476. The maximum Gasteiger partial charge on any atom is 0.277 e. The van der Waals surface area contributed by atoms with Crippen LogP contribution in [0, 0.1) is 0 Å². The predicted molar refractivity (Wildman–Crippen MR) is 106 cm³/mol. The van der Waals surface area contributed by atoms with Crippen molar-refractivity contribution in [3.05, 3.63) is 64.7 Å². The fourth-order valence-corrected chi connectivity index (χ4v) is 4.10. The first kappa shape index (κ1) is 18.1. The van der Waals surface area contributed by atoms with Crippen LogP contribution >= 0.6 is 23.4 Å². The maximum absolute atomic E-state index is 12.8. The highest BCUT2D eigenvalue weighted by Gasteiger charge is 2.26. The van der Waals surface area contributed by atoms with Gasteiger partial charge in [0.25, 0.3) is 5.22 Å². The van der Waals surface area contributed by atoms with Crippen molar-refractivity contribution in [2.24, 2.45) is 0 Å². The summed E-state index contributed by atoms with van der Waals surface area (Å²) in [6.45, 7) is 3.26. The zero-order valence-corrected chi connectivity index (χ0v) is 16.3. The largest absolute Gasteiger partial charge is 0.411 e. The van der Waals surface area contributed by atoms with Crippen LogP contribution in [-0.4, -0.2) is 32.8 Å². The number of rotatable bonds is 4. The Hall–Kier alpha value is -2.31. The van der Waals surface area contributed by atoms with Crippen molar-refractivity contribution >= 4 is 29.3 Å². The van der Waals surface area contributed by atoms with E-state index in [2.05, 4.69) is 22.3 Å². The van der Waals surface area contributed by atoms with Gasteiger partial charge >= 0.3 is 0 Å². The fraction of sp³-hybridized carbons (Fsp3) is 0.250. The number of benzene rings is 2. The van der Waals surface area contributed by atoms with E-state index in [-0.39, 0.29) is 11.2 Å². The van der Waals surface area contributed by atoms with Crippen LogP contribution in [0.15, 0.2) is 58.2 Å². The Morgan fingerprint density at radius 2 is 2.00 bits per heavy atom. The summed E-state index contributed by atoms with van der Waals surface area (Å²) in [7, 11) is 0. The van der Waals surface area contributed by atoms with E-state index in [4.69, 9.17) is 16.0 Å². The van der Waals surface area contributed by atoms with Gasteiger partial charge in [-0.05, 0) is 42.7 Å². The molecule has 0 fully saturated rings. The summed E-state index contributed by atoms with van der Waals surface area (Å²) in [4.78, 5) is 14.7. The molecule has 4 rings (SSSR count). The Morgan fingerprint density at radius 3 is 2.81 bits per heavy atom. The molecule has 0 saturated carbocycles. The summed E-state index contributed by atoms with van der Waals surface area (Å²) in [6, 6.07) is 15.5. The van der Waals surface area contributed by atoms with Gasteiger partial charge in [0.1, 0.15) is 0 Å². The van der Waals surface area contributed by atoms with Crippen LogP contribution in [0.25, 0.3) is 11.5 Å². The van der Waals surface area contributed by atoms with Crippen LogP contribution in [-0.2, 0) is 17.8 Å². The van der Waals surface area contributed by atoms with Gasteiger partial charge < -0.3 is 9.32 Å². The second-order valence-electron chi connectivity index (χ2n) is 6.42. The average molecular weight is 400 g/mol. The lowest BCUT2D eigenvalue weighted by molar-refractivity contribution is -0.131. The van der Waals surface area contributed by atoms with Gasteiger partial charge in [0.2, 0.25) is 11.8 Å². The first-order valence-electron chi connectivity index (χ1n) is 8.72. The average Bonchev–Trinajstić information content (AvgIpc) is 3.15. The molecule has 0 N–H and O–H groups in total. The molecular weight excluding hydrogens is 382 g/mol. The predicted octanol–water partition coefficient (Wildman–Crippen LogP) is 4.46.